The van der Waals surface area contributed by atoms with Crippen molar-refractivity contribution in [3.8, 4) is 22.5 Å². The molecule has 10 nitrogen and oxygen atoms in total. The van der Waals surface area contributed by atoms with Crippen molar-refractivity contribution >= 4 is 17.7 Å². The van der Waals surface area contributed by atoms with Gasteiger partial charge in [0, 0.05) is 24.6 Å². The number of nitrogens with zero attached hydrogens (tertiary/aromatic N) is 6. The SMILES string of the molecule is CCCCCc1nc(NC(=O)C=C(C)C)c(C(=O)OCC)n1Cc1ccc(-c2ccccc2-c2nnnn2C(c2ccccc2)(c2ccccc2)c2ccccc2)cc1. The Bertz CT molecular complexity index is 2430. The molecule has 0 fully saturated rings. The highest BCUT2D eigenvalue weighted by Crippen LogP contribution is 2.43. The molecular formula is C49H49N7O3. The summed E-state index contributed by atoms with van der Waals surface area (Å²) < 4.78 is 9.34. The second kappa shape index (κ2) is 18.5. The minimum Gasteiger partial charge on any atom is -0.461 e. The van der Waals surface area contributed by atoms with Crippen LogP contribution in [0.5, 0.6) is 0 Å². The fourth-order valence-electron chi connectivity index (χ4n) is 7.69. The van der Waals surface area contributed by atoms with E-state index in [2.05, 4.69) is 90.3 Å². The van der Waals surface area contributed by atoms with E-state index in [1.54, 1.807) is 6.92 Å². The van der Waals surface area contributed by atoms with Crippen molar-refractivity contribution in [1.29, 1.82) is 0 Å². The number of imidazole rings is 1. The van der Waals surface area contributed by atoms with E-state index in [1.807, 2.05) is 89.8 Å². The Balaban J connectivity index is 1.30. The van der Waals surface area contributed by atoms with E-state index < -0.39 is 11.5 Å². The largest absolute Gasteiger partial charge is 0.461 e. The first kappa shape index (κ1) is 40.3. The maximum absolute atomic E-state index is 13.5. The number of rotatable bonds is 16. The Hall–Kier alpha value is -6.94. The van der Waals surface area contributed by atoms with Gasteiger partial charge in [0.25, 0.3) is 0 Å². The Labute approximate surface area is 345 Å². The number of nitrogens with one attached hydrogen (secondary N) is 1. The molecule has 0 atom stereocenters. The quantitative estimate of drug-likeness (QED) is 0.0449. The molecule has 7 rings (SSSR count). The number of aromatic nitrogens is 6. The zero-order chi connectivity index (χ0) is 41.2. The van der Waals surface area contributed by atoms with Crippen LogP contribution in [-0.4, -0.2) is 48.2 Å². The predicted molar refractivity (Wildman–Crippen MR) is 232 cm³/mol. The number of aryl methyl sites for hydroxylation is 1. The van der Waals surface area contributed by atoms with Crippen LogP contribution in [0.3, 0.4) is 0 Å². The van der Waals surface area contributed by atoms with E-state index in [9.17, 15) is 9.59 Å². The summed E-state index contributed by atoms with van der Waals surface area (Å²) in [6.45, 7) is 8.15. The summed E-state index contributed by atoms with van der Waals surface area (Å²) in [4.78, 5) is 31.2. The lowest BCUT2D eigenvalue weighted by Crippen LogP contribution is -2.39. The molecule has 1 amide bonds. The molecule has 2 heterocycles. The number of hydrogen-bond acceptors (Lipinski definition) is 7. The molecule has 10 heteroatoms. The maximum Gasteiger partial charge on any atom is 0.358 e. The predicted octanol–water partition coefficient (Wildman–Crippen LogP) is 9.91. The minimum absolute atomic E-state index is 0.192. The highest BCUT2D eigenvalue weighted by molar-refractivity contribution is 6.03. The Kier molecular flexibility index (Phi) is 12.7. The van der Waals surface area contributed by atoms with Crippen LogP contribution in [0.25, 0.3) is 22.5 Å². The molecule has 0 unspecified atom stereocenters. The van der Waals surface area contributed by atoms with Crippen LogP contribution in [0.4, 0.5) is 5.82 Å². The van der Waals surface area contributed by atoms with E-state index in [0.717, 1.165) is 63.8 Å². The van der Waals surface area contributed by atoms with E-state index in [1.165, 1.54) is 6.08 Å². The number of esters is 1. The molecule has 0 bridgehead atoms. The fourth-order valence-corrected chi connectivity index (χ4v) is 7.69. The minimum atomic E-state index is -0.903. The molecule has 0 saturated carbocycles. The van der Waals surface area contributed by atoms with Gasteiger partial charge in [0.05, 0.1) is 6.61 Å². The molecule has 0 aliphatic rings. The fraction of sp³-hybridized carbons (Fsp3) is 0.224. The molecule has 59 heavy (non-hydrogen) atoms. The van der Waals surface area contributed by atoms with E-state index >= 15 is 0 Å². The number of anilines is 1. The summed E-state index contributed by atoms with van der Waals surface area (Å²) in [5.41, 5.74) is 6.96. The van der Waals surface area contributed by atoms with Crippen LogP contribution in [0, 0.1) is 0 Å². The molecule has 2 aromatic heterocycles. The topological polar surface area (TPSA) is 117 Å². The first-order chi connectivity index (χ1) is 28.8. The normalized spacial score (nSPS) is 11.3. The average molecular weight is 784 g/mol. The zero-order valence-electron chi connectivity index (χ0n) is 34.0. The van der Waals surface area contributed by atoms with Crippen LogP contribution in [0.2, 0.25) is 0 Å². The lowest BCUT2D eigenvalue weighted by molar-refractivity contribution is -0.112. The van der Waals surface area contributed by atoms with Crippen LogP contribution in [0.1, 0.15) is 85.5 Å². The average Bonchev–Trinajstić information content (AvgIpc) is 3.87. The molecular weight excluding hydrogens is 735 g/mol. The number of unbranched alkanes of at least 4 members (excludes halogenated alkanes) is 2. The summed E-state index contributed by atoms with van der Waals surface area (Å²) in [6.07, 6.45) is 5.09. The zero-order valence-corrected chi connectivity index (χ0v) is 34.0. The van der Waals surface area contributed by atoms with Crippen molar-refractivity contribution in [3.05, 3.63) is 185 Å². The van der Waals surface area contributed by atoms with E-state index in [0.29, 0.717) is 24.6 Å². The molecule has 0 aliphatic carbocycles. The van der Waals surface area contributed by atoms with Gasteiger partial charge in [-0.2, -0.15) is 0 Å². The van der Waals surface area contributed by atoms with Crippen LogP contribution in [-0.2, 0) is 28.0 Å². The monoisotopic (exact) mass is 783 g/mol. The van der Waals surface area contributed by atoms with Gasteiger partial charge in [0.1, 0.15) is 11.4 Å². The van der Waals surface area contributed by atoms with Gasteiger partial charge < -0.3 is 14.6 Å². The van der Waals surface area contributed by atoms with Crippen molar-refractivity contribution in [3.63, 3.8) is 0 Å². The number of carbonyl (C=O) groups is 2. The lowest BCUT2D eigenvalue weighted by atomic mass is 9.77. The number of allylic oxidation sites excluding steroid dienone is 1. The molecule has 0 aliphatic heterocycles. The van der Waals surface area contributed by atoms with Crippen molar-refractivity contribution in [1.82, 2.24) is 29.8 Å². The number of ether oxygens (including phenoxy) is 1. The van der Waals surface area contributed by atoms with Crippen LogP contribution in [0.15, 0.2) is 151 Å². The highest BCUT2D eigenvalue weighted by atomic mass is 16.5. The first-order valence-electron chi connectivity index (χ1n) is 20.2. The molecule has 1 N–H and O–H groups in total. The number of benzene rings is 5. The van der Waals surface area contributed by atoms with Gasteiger partial charge in [-0.1, -0.05) is 165 Å². The molecule has 0 radical (unpaired) electrons. The van der Waals surface area contributed by atoms with Crippen LogP contribution >= 0.6 is 0 Å². The van der Waals surface area contributed by atoms with Gasteiger partial charge in [0.2, 0.25) is 5.91 Å². The van der Waals surface area contributed by atoms with Gasteiger partial charge >= 0.3 is 5.97 Å². The maximum atomic E-state index is 13.5. The lowest BCUT2D eigenvalue weighted by Gasteiger charge is -2.36. The summed E-state index contributed by atoms with van der Waals surface area (Å²) in [5.74, 6) is 0.656. The number of tetrazole rings is 1. The summed E-state index contributed by atoms with van der Waals surface area (Å²) >= 11 is 0. The highest BCUT2D eigenvalue weighted by Gasteiger charge is 2.42. The molecule has 7 aromatic rings. The molecule has 0 saturated heterocycles. The van der Waals surface area contributed by atoms with Crippen LogP contribution < -0.4 is 5.32 Å². The van der Waals surface area contributed by atoms with Crippen molar-refractivity contribution in [2.75, 3.05) is 11.9 Å². The smallest absolute Gasteiger partial charge is 0.358 e. The van der Waals surface area contributed by atoms with E-state index in [4.69, 9.17) is 20.0 Å². The van der Waals surface area contributed by atoms with Crippen molar-refractivity contribution < 1.29 is 14.3 Å². The molecule has 0 spiro atoms. The standard InChI is InChI=1S/C49H49N7O3/c1-5-7-11-28-43-50-46(51-44(57)33-35(3)4)45(48(58)59-6-2)55(43)34-36-29-31-37(32-30-36)41-26-18-19-27-42(41)47-52-53-54-56(47)49(38-20-12-8-13-21-38,39-22-14-9-15-23-39)40-24-16-10-17-25-40/h8-10,12-27,29-33H,5-7,11,28,34H2,1-4H3,(H,51,57). The Morgan fingerprint density at radius 1 is 0.729 bits per heavy atom. The van der Waals surface area contributed by atoms with Gasteiger partial charge in [-0.25, -0.2) is 14.5 Å². The van der Waals surface area contributed by atoms with Gasteiger partial charge in [-0.3, -0.25) is 4.79 Å². The van der Waals surface area contributed by atoms with Crippen molar-refractivity contribution in [2.45, 2.75) is 65.5 Å². The second-order valence-corrected chi connectivity index (χ2v) is 14.7. The third-order valence-electron chi connectivity index (χ3n) is 10.3. The number of amides is 1. The van der Waals surface area contributed by atoms with Crippen molar-refractivity contribution in [2.24, 2.45) is 0 Å². The molecule has 5 aromatic carbocycles. The van der Waals surface area contributed by atoms with Gasteiger partial charge in [0.15, 0.2) is 17.3 Å². The summed E-state index contributed by atoms with van der Waals surface area (Å²) in [7, 11) is 0. The molecule has 298 valence electrons. The summed E-state index contributed by atoms with van der Waals surface area (Å²) in [5, 5.41) is 16.7. The Morgan fingerprint density at radius 2 is 1.31 bits per heavy atom. The number of hydrogen-bond donors (Lipinski definition) is 1. The summed E-state index contributed by atoms with van der Waals surface area (Å²) in [6, 6.07) is 47.5. The first-order valence-corrected chi connectivity index (χ1v) is 20.2. The number of carbonyl (C=O) groups excluding carboxylic acids is 2. The van der Waals surface area contributed by atoms with Gasteiger partial charge in [-0.15, -0.1) is 5.10 Å². The third kappa shape index (κ3) is 8.53. The third-order valence-corrected chi connectivity index (χ3v) is 10.3. The Morgan fingerprint density at radius 3 is 1.86 bits per heavy atom. The van der Waals surface area contributed by atoms with Gasteiger partial charge in [-0.05, 0) is 71.0 Å². The van der Waals surface area contributed by atoms with E-state index in [-0.39, 0.29) is 24.0 Å². The second-order valence-electron chi connectivity index (χ2n) is 14.7.